The molecule has 112 valence electrons. The molecule has 0 aliphatic carbocycles. The number of benzene rings is 1. The summed E-state index contributed by atoms with van der Waals surface area (Å²) in [5.41, 5.74) is -1.10. The second-order valence-electron chi connectivity index (χ2n) is 4.21. The van der Waals surface area contributed by atoms with Gasteiger partial charge in [0, 0.05) is 6.42 Å². The van der Waals surface area contributed by atoms with Crippen molar-refractivity contribution in [1.29, 1.82) is 0 Å². The average Bonchev–Trinajstić information content (AvgIpc) is 2.84. The smallest absolute Gasteiger partial charge is 0.419 e. The molecule has 9 heteroatoms. The molecule has 0 spiro atoms. The van der Waals surface area contributed by atoms with Gasteiger partial charge in [0.2, 0.25) is 0 Å². The van der Waals surface area contributed by atoms with Gasteiger partial charge in [0.1, 0.15) is 5.82 Å². The van der Waals surface area contributed by atoms with Gasteiger partial charge in [0.15, 0.2) is 0 Å². The molecule has 0 unspecified atom stereocenters. The van der Waals surface area contributed by atoms with E-state index in [0.29, 0.717) is 17.8 Å². The number of carbonyl (C=O) groups is 1. The van der Waals surface area contributed by atoms with Crippen molar-refractivity contribution in [1.82, 2.24) is 15.0 Å². The highest BCUT2D eigenvalue weighted by molar-refractivity contribution is 5.66. The molecule has 1 aromatic heterocycles. The molecule has 0 radical (unpaired) electrons. The van der Waals surface area contributed by atoms with Crippen LogP contribution >= 0.6 is 0 Å². The van der Waals surface area contributed by atoms with Gasteiger partial charge < -0.3 is 5.11 Å². The molecule has 0 bridgehead atoms. The number of carboxylic acid groups (broad SMARTS) is 1. The van der Waals surface area contributed by atoms with Gasteiger partial charge >= 0.3 is 12.1 Å². The predicted molar refractivity (Wildman–Crippen MR) is 62.3 cm³/mol. The highest BCUT2D eigenvalue weighted by atomic mass is 19.4. The number of alkyl halides is 3. The highest BCUT2D eigenvalue weighted by Gasteiger charge is 2.34. The Balaban J connectivity index is 2.28. The van der Waals surface area contributed by atoms with E-state index in [1.165, 1.54) is 6.20 Å². The molecule has 0 saturated heterocycles. The number of halogens is 4. The molecule has 0 amide bonds. The minimum Gasteiger partial charge on any atom is -0.481 e. The quantitative estimate of drug-likeness (QED) is 0.881. The van der Waals surface area contributed by atoms with E-state index in [1.54, 1.807) is 0 Å². The average molecular weight is 303 g/mol. The Morgan fingerprint density at radius 2 is 2.05 bits per heavy atom. The first-order chi connectivity index (χ1) is 9.77. The Morgan fingerprint density at radius 1 is 1.33 bits per heavy atom. The van der Waals surface area contributed by atoms with E-state index in [1.807, 2.05) is 0 Å². The number of nitrogens with zero attached hydrogens (tertiary/aromatic N) is 3. The van der Waals surface area contributed by atoms with Crippen LogP contribution in [-0.4, -0.2) is 26.1 Å². The van der Waals surface area contributed by atoms with E-state index in [4.69, 9.17) is 5.11 Å². The first kappa shape index (κ1) is 14.9. The Kier molecular flexibility index (Phi) is 3.92. The number of aryl methyl sites for hydroxylation is 1. The van der Waals surface area contributed by atoms with Crippen LogP contribution in [0.4, 0.5) is 17.6 Å². The molecule has 0 aliphatic rings. The molecular weight excluding hydrogens is 294 g/mol. The summed E-state index contributed by atoms with van der Waals surface area (Å²) >= 11 is 0. The van der Waals surface area contributed by atoms with Gasteiger partial charge in [-0.2, -0.15) is 13.2 Å². The molecule has 0 aliphatic heterocycles. The third-order valence-electron chi connectivity index (χ3n) is 2.66. The van der Waals surface area contributed by atoms with E-state index < -0.39 is 23.5 Å². The van der Waals surface area contributed by atoms with Crippen LogP contribution in [0, 0.1) is 5.82 Å². The molecule has 21 heavy (non-hydrogen) atoms. The summed E-state index contributed by atoms with van der Waals surface area (Å²) in [4.78, 5) is 10.4. The maximum absolute atomic E-state index is 13.2. The van der Waals surface area contributed by atoms with Crippen molar-refractivity contribution in [3.05, 3.63) is 41.5 Å². The zero-order valence-electron chi connectivity index (χ0n) is 10.4. The second-order valence-corrected chi connectivity index (χ2v) is 4.21. The van der Waals surface area contributed by atoms with Crippen LogP contribution in [0.25, 0.3) is 5.69 Å². The lowest BCUT2D eigenvalue weighted by Gasteiger charge is -2.09. The van der Waals surface area contributed by atoms with E-state index in [0.717, 1.165) is 10.7 Å². The van der Waals surface area contributed by atoms with Crippen LogP contribution in [-0.2, 0) is 17.4 Å². The fraction of sp³-hybridized carbons (Fsp3) is 0.250. The van der Waals surface area contributed by atoms with Gasteiger partial charge in [0.25, 0.3) is 0 Å². The van der Waals surface area contributed by atoms with E-state index in [-0.39, 0.29) is 18.5 Å². The Hall–Kier alpha value is -2.45. The normalized spacial score (nSPS) is 11.6. The molecular formula is C12H9F4N3O2. The summed E-state index contributed by atoms with van der Waals surface area (Å²) in [6.45, 7) is 0. The van der Waals surface area contributed by atoms with Crippen molar-refractivity contribution in [2.75, 3.05) is 0 Å². The SMILES string of the molecule is O=C(O)CCc1cn(-c2ccc(F)c(C(F)(F)F)c2)nn1. The van der Waals surface area contributed by atoms with Crippen LogP contribution < -0.4 is 0 Å². The fourth-order valence-corrected chi connectivity index (χ4v) is 1.65. The first-order valence-electron chi connectivity index (χ1n) is 5.77. The van der Waals surface area contributed by atoms with Crippen LogP contribution in [0.5, 0.6) is 0 Å². The van der Waals surface area contributed by atoms with Crippen molar-refractivity contribution >= 4 is 5.97 Å². The van der Waals surface area contributed by atoms with E-state index >= 15 is 0 Å². The topological polar surface area (TPSA) is 68.0 Å². The summed E-state index contributed by atoms with van der Waals surface area (Å²) < 4.78 is 52.0. The molecule has 0 saturated carbocycles. The number of hydrogen-bond acceptors (Lipinski definition) is 3. The second kappa shape index (κ2) is 5.51. The first-order valence-corrected chi connectivity index (χ1v) is 5.77. The van der Waals surface area contributed by atoms with E-state index in [2.05, 4.69) is 10.3 Å². The Bertz CT molecular complexity index is 667. The maximum atomic E-state index is 13.2. The van der Waals surface area contributed by atoms with Crippen LogP contribution in [0.1, 0.15) is 17.7 Å². The number of aliphatic carboxylic acids is 1. The Morgan fingerprint density at radius 3 is 2.67 bits per heavy atom. The lowest BCUT2D eigenvalue weighted by Crippen LogP contribution is -2.09. The molecule has 2 aromatic rings. The lowest BCUT2D eigenvalue weighted by atomic mass is 10.2. The molecule has 1 heterocycles. The van der Waals surface area contributed by atoms with Crippen LogP contribution in [0.15, 0.2) is 24.4 Å². The van der Waals surface area contributed by atoms with Crippen LogP contribution in [0.3, 0.4) is 0 Å². The molecule has 1 aromatic carbocycles. The van der Waals surface area contributed by atoms with Gasteiger partial charge in [-0.1, -0.05) is 5.21 Å². The van der Waals surface area contributed by atoms with Gasteiger partial charge in [0.05, 0.1) is 29.6 Å². The monoisotopic (exact) mass is 303 g/mol. The standard InChI is InChI=1S/C12H9F4N3O2/c13-10-3-2-8(5-9(10)12(14,15)16)19-6-7(17-18-19)1-4-11(20)21/h2-3,5-6H,1,4H2,(H,20,21). The molecule has 0 fully saturated rings. The summed E-state index contributed by atoms with van der Waals surface area (Å²) in [7, 11) is 0. The maximum Gasteiger partial charge on any atom is 0.419 e. The minimum atomic E-state index is -4.81. The third-order valence-corrected chi connectivity index (χ3v) is 2.66. The molecule has 1 N–H and O–H groups in total. The summed E-state index contributed by atoms with van der Waals surface area (Å²) in [5.74, 6) is -2.40. The van der Waals surface area contributed by atoms with Crippen molar-refractivity contribution in [2.24, 2.45) is 0 Å². The molecule has 0 atom stereocenters. The minimum absolute atomic E-state index is 0.0159. The number of hydrogen-bond donors (Lipinski definition) is 1. The van der Waals surface area contributed by atoms with Crippen molar-refractivity contribution in [3.63, 3.8) is 0 Å². The summed E-state index contributed by atoms with van der Waals surface area (Å²) in [5, 5.41) is 15.8. The van der Waals surface area contributed by atoms with Gasteiger partial charge in [-0.25, -0.2) is 9.07 Å². The number of rotatable bonds is 4. The summed E-state index contributed by atoms with van der Waals surface area (Å²) in [6, 6.07) is 2.43. The Labute approximate surface area is 115 Å². The van der Waals surface area contributed by atoms with Gasteiger partial charge in [-0.3, -0.25) is 4.79 Å². The predicted octanol–water partition coefficient (Wildman–Crippen LogP) is 2.44. The highest BCUT2D eigenvalue weighted by Crippen LogP contribution is 2.32. The zero-order chi connectivity index (χ0) is 15.6. The molecule has 2 rings (SSSR count). The number of carboxylic acids is 1. The zero-order valence-corrected chi connectivity index (χ0v) is 10.4. The largest absolute Gasteiger partial charge is 0.481 e. The number of aromatic nitrogens is 3. The van der Waals surface area contributed by atoms with Crippen LogP contribution in [0.2, 0.25) is 0 Å². The van der Waals surface area contributed by atoms with Crippen molar-refractivity contribution in [3.8, 4) is 5.69 Å². The lowest BCUT2D eigenvalue weighted by molar-refractivity contribution is -0.140. The van der Waals surface area contributed by atoms with Crippen molar-refractivity contribution < 1.29 is 27.5 Å². The van der Waals surface area contributed by atoms with Gasteiger partial charge in [-0.05, 0) is 18.2 Å². The summed E-state index contributed by atoms with van der Waals surface area (Å²) in [6.07, 6.45) is -3.58. The third kappa shape index (κ3) is 3.56. The van der Waals surface area contributed by atoms with E-state index in [9.17, 15) is 22.4 Å². The fourth-order valence-electron chi connectivity index (χ4n) is 1.65. The van der Waals surface area contributed by atoms with Crippen molar-refractivity contribution in [2.45, 2.75) is 19.0 Å². The van der Waals surface area contributed by atoms with Gasteiger partial charge in [-0.15, -0.1) is 5.10 Å². The molecule has 5 nitrogen and oxygen atoms in total.